The first-order valence-corrected chi connectivity index (χ1v) is 12.8. The molecule has 1 atom stereocenters. The fraction of sp³-hybridized carbons (Fsp3) is 1.00. The van der Waals surface area contributed by atoms with Crippen LogP contribution in [-0.4, -0.2) is 85.5 Å². The highest BCUT2D eigenvalue weighted by Crippen LogP contribution is 2.22. The summed E-state index contributed by atoms with van der Waals surface area (Å²) in [5.41, 5.74) is 0. The van der Waals surface area contributed by atoms with Gasteiger partial charge in [-0.05, 0) is 52.7 Å². The van der Waals surface area contributed by atoms with Crippen molar-refractivity contribution in [1.82, 2.24) is 9.80 Å². The number of likely N-dealkylation sites (N-methyl/N-ethyl adjacent to an activating group) is 2. The largest absolute Gasteiger partial charge is 0.501 e. The normalized spacial score (nSPS) is 13.7. The second-order valence-corrected chi connectivity index (χ2v) is 10.7. The number of thiol groups is 1. The van der Waals surface area contributed by atoms with Crippen molar-refractivity contribution in [3.05, 3.63) is 0 Å². The molecule has 7 heteroatoms. The van der Waals surface area contributed by atoms with Gasteiger partial charge in [-0.2, -0.15) is 12.6 Å². The molecule has 0 aliphatic heterocycles. The number of nitrogens with zero attached hydrogens (tertiary/aromatic N) is 2. The predicted octanol–water partition coefficient (Wildman–Crippen LogP) is 3.63. The Balaban J connectivity index is 4.93. The molecule has 0 saturated heterocycles. The third kappa shape index (κ3) is 13.5. The van der Waals surface area contributed by atoms with Gasteiger partial charge in [0.2, 0.25) is 0 Å². The molecule has 0 aromatic rings. The zero-order chi connectivity index (χ0) is 19.8. The van der Waals surface area contributed by atoms with E-state index in [2.05, 4.69) is 64.5 Å². The van der Waals surface area contributed by atoms with Crippen LogP contribution in [0.2, 0.25) is 6.04 Å². The first-order chi connectivity index (χ1) is 12.4. The molecule has 158 valence electrons. The topological polar surface area (TPSA) is 34.2 Å². The maximum Gasteiger partial charge on any atom is 0.501 e. The first kappa shape index (κ1) is 26.4. The summed E-state index contributed by atoms with van der Waals surface area (Å²) in [7, 11) is 5.58. The van der Waals surface area contributed by atoms with E-state index in [1.54, 1.807) is 0 Å². The van der Waals surface area contributed by atoms with Crippen molar-refractivity contribution in [3.63, 3.8) is 0 Å². The van der Waals surface area contributed by atoms with Crippen LogP contribution >= 0.6 is 12.6 Å². The molecule has 0 fully saturated rings. The number of unbranched alkanes of at least 4 members (excludes halogenated alkanes) is 1. The molecule has 5 nitrogen and oxygen atoms in total. The average Bonchev–Trinajstić information content (AvgIpc) is 2.59. The summed E-state index contributed by atoms with van der Waals surface area (Å²) in [6.45, 7) is 8.30. The molecule has 0 aliphatic carbocycles. The minimum Gasteiger partial charge on any atom is -0.373 e. The predicted molar refractivity (Wildman–Crippen MR) is 117 cm³/mol. The lowest BCUT2D eigenvalue weighted by molar-refractivity contribution is 0.0389. The van der Waals surface area contributed by atoms with Gasteiger partial charge in [0.05, 0.1) is 13.2 Å². The van der Waals surface area contributed by atoms with Crippen LogP contribution in [0.25, 0.3) is 0 Å². The summed E-state index contributed by atoms with van der Waals surface area (Å²) in [6.07, 6.45) is 5.82. The summed E-state index contributed by atoms with van der Waals surface area (Å²) in [6, 6.07) is 0.849. The Morgan fingerprint density at radius 3 is 1.88 bits per heavy atom. The summed E-state index contributed by atoms with van der Waals surface area (Å²) in [5, 5.41) is 0. The van der Waals surface area contributed by atoms with E-state index in [1.807, 2.05) is 0 Å². The van der Waals surface area contributed by atoms with Crippen molar-refractivity contribution in [2.45, 2.75) is 52.0 Å². The number of rotatable bonds is 18. The van der Waals surface area contributed by atoms with Gasteiger partial charge in [-0.1, -0.05) is 33.1 Å². The van der Waals surface area contributed by atoms with Gasteiger partial charge in [0, 0.05) is 25.7 Å². The minimum absolute atomic E-state index is 0.590. The fourth-order valence-corrected chi connectivity index (χ4v) is 5.59. The Morgan fingerprint density at radius 1 is 0.885 bits per heavy atom. The molecule has 0 aromatic carbocycles. The Morgan fingerprint density at radius 2 is 1.46 bits per heavy atom. The number of hydrogen-bond donors (Lipinski definition) is 1. The van der Waals surface area contributed by atoms with Crippen LogP contribution in [0.4, 0.5) is 0 Å². The zero-order valence-electron chi connectivity index (χ0n) is 18.1. The highest BCUT2D eigenvalue weighted by molar-refractivity contribution is 7.80. The summed E-state index contributed by atoms with van der Waals surface area (Å²) < 4.78 is 19.1. The third-order valence-electron chi connectivity index (χ3n) is 4.44. The minimum atomic E-state index is -2.67. The molecule has 0 aliphatic rings. The molecule has 0 spiro atoms. The monoisotopic (exact) mass is 408 g/mol. The van der Waals surface area contributed by atoms with Crippen molar-refractivity contribution in [3.8, 4) is 0 Å². The van der Waals surface area contributed by atoms with E-state index in [0.29, 0.717) is 19.1 Å². The van der Waals surface area contributed by atoms with Gasteiger partial charge in [-0.3, -0.25) is 0 Å². The van der Waals surface area contributed by atoms with Crippen molar-refractivity contribution >= 4 is 21.4 Å². The Bertz CT molecular complexity index is 309. The van der Waals surface area contributed by atoms with E-state index in [4.69, 9.17) is 13.3 Å². The highest BCUT2D eigenvalue weighted by atomic mass is 32.1. The van der Waals surface area contributed by atoms with Gasteiger partial charge in [0.1, 0.15) is 0 Å². The van der Waals surface area contributed by atoms with E-state index in [1.165, 1.54) is 19.3 Å². The first-order valence-electron chi connectivity index (χ1n) is 10.2. The van der Waals surface area contributed by atoms with Crippen LogP contribution in [0.3, 0.4) is 0 Å². The van der Waals surface area contributed by atoms with Crippen molar-refractivity contribution in [1.29, 1.82) is 0 Å². The van der Waals surface area contributed by atoms with Crippen LogP contribution < -0.4 is 0 Å². The molecular weight excluding hydrogens is 364 g/mol. The van der Waals surface area contributed by atoms with Crippen LogP contribution in [0.1, 0.15) is 46.0 Å². The van der Waals surface area contributed by atoms with Crippen LogP contribution in [0.5, 0.6) is 0 Å². The van der Waals surface area contributed by atoms with Crippen molar-refractivity contribution < 1.29 is 13.3 Å². The van der Waals surface area contributed by atoms with Gasteiger partial charge in [-0.15, -0.1) is 0 Å². The molecule has 1 unspecified atom stereocenters. The molecule has 0 N–H and O–H groups in total. The molecule has 0 bridgehead atoms. The molecule has 26 heavy (non-hydrogen) atoms. The lowest BCUT2D eigenvalue weighted by atomic mass is 10.0. The average molecular weight is 409 g/mol. The Labute approximate surface area is 169 Å². The second-order valence-electron chi connectivity index (χ2n) is 7.54. The summed E-state index contributed by atoms with van der Waals surface area (Å²) >= 11 is 4.39. The van der Waals surface area contributed by atoms with Crippen LogP contribution in [0.15, 0.2) is 0 Å². The fourth-order valence-electron chi connectivity index (χ4n) is 2.55. The van der Waals surface area contributed by atoms with E-state index in [9.17, 15) is 0 Å². The number of hydrogen-bond acceptors (Lipinski definition) is 6. The lowest BCUT2D eigenvalue weighted by Crippen LogP contribution is -2.49. The molecule has 0 rings (SSSR count). The summed E-state index contributed by atoms with van der Waals surface area (Å²) in [5.74, 6) is 1.42. The van der Waals surface area contributed by atoms with Gasteiger partial charge >= 0.3 is 8.80 Å². The molecule has 0 heterocycles. The molecular formula is C19H44N2O3SSi. The quantitative estimate of drug-likeness (QED) is 0.277. The van der Waals surface area contributed by atoms with E-state index in [-0.39, 0.29) is 0 Å². The van der Waals surface area contributed by atoms with Crippen LogP contribution in [0, 0.1) is 5.92 Å². The van der Waals surface area contributed by atoms with Crippen molar-refractivity contribution in [2.75, 3.05) is 66.9 Å². The Kier molecular flexibility index (Phi) is 16.6. The maximum absolute atomic E-state index is 6.47. The molecule has 0 radical (unpaired) electrons. The van der Waals surface area contributed by atoms with E-state index in [0.717, 1.165) is 44.3 Å². The smallest absolute Gasteiger partial charge is 0.373 e. The lowest BCUT2D eigenvalue weighted by Gasteiger charge is -2.32. The highest BCUT2D eigenvalue weighted by Gasteiger charge is 2.41. The van der Waals surface area contributed by atoms with Gasteiger partial charge in [0.15, 0.2) is 0 Å². The molecule has 0 aromatic heterocycles. The van der Waals surface area contributed by atoms with E-state index >= 15 is 0 Å². The van der Waals surface area contributed by atoms with Gasteiger partial charge < -0.3 is 23.1 Å². The standard InChI is InChI=1S/C19H44N2O3SSi/c1-7-9-11-19(8-2)18-24-26(17-10-16-25,22-14-12-20(3)4)23-15-13-21(5)6/h19,25H,7-18H2,1-6H3. The van der Waals surface area contributed by atoms with Crippen LogP contribution in [-0.2, 0) is 13.3 Å². The second kappa shape index (κ2) is 16.3. The van der Waals surface area contributed by atoms with Gasteiger partial charge in [0.25, 0.3) is 0 Å². The molecule has 0 amide bonds. The van der Waals surface area contributed by atoms with Gasteiger partial charge in [-0.25, -0.2) is 0 Å². The SMILES string of the molecule is CCCCC(CC)CO[Si](CCCS)(OCCN(C)C)OCCN(C)C. The zero-order valence-corrected chi connectivity index (χ0v) is 20.0. The van der Waals surface area contributed by atoms with E-state index < -0.39 is 8.80 Å². The third-order valence-corrected chi connectivity index (χ3v) is 7.62. The molecule has 0 saturated carbocycles. The Hall–Kier alpha value is 0.367. The maximum atomic E-state index is 6.47. The van der Waals surface area contributed by atoms with Crippen molar-refractivity contribution in [2.24, 2.45) is 5.92 Å². The summed E-state index contributed by atoms with van der Waals surface area (Å²) in [4.78, 5) is 4.27.